The lowest BCUT2D eigenvalue weighted by molar-refractivity contribution is -0.173. The number of hydrogen-bond donors (Lipinski definition) is 0. The Morgan fingerprint density at radius 1 is 1.40 bits per heavy atom. The van der Waals surface area contributed by atoms with Crippen molar-refractivity contribution in [2.75, 3.05) is 7.11 Å². The van der Waals surface area contributed by atoms with Gasteiger partial charge >= 0.3 is 11.9 Å². The highest BCUT2D eigenvalue weighted by Gasteiger charge is 2.59. The SMILES string of the molecule is COC(=O)[C@@H]1C[C@@H]2OC(=O)[C@@]1(c1ccccc1)C=C2Br. The summed E-state index contributed by atoms with van der Waals surface area (Å²) in [6.07, 6.45) is 1.84. The molecule has 0 unspecified atom stereocenters. The molecule has 4 nitrogen and oxygen atoms in total. The summed E-state index contributed by atoms with van der Waals surface area (Å²) in [6, 6.07) is 9.22. The van der Waals surface area contributed by atoms with E-state index in [-0.39, 0.29) is 5.97 Å². The van der Waals surface area contributed by atoms with Crippen molar-refractivity contribution in [3.8, 4) is 0 Å². The number of ether oxygens (including phenoxy) is 2. The number of methoxy groups -OCH3 is 1. The Morgan fingerprint density at radius 2 is 2.10 bits per heavy atom. The molecule has 2 bridgehead atoms. The monoisotopic (exact) mass is 336 g/mol. The van der Waals surface area contributed by atoms with E-state index in [9.17, 15) is 9.59 Å². The summed E-state index contributed by atoms with van der Waals surface area (Å²) in [6.45, 7) is 0. The van der Waals surface area contributed by atoms with Crippen LogP contribution in [-0.4, -0.2) is 25.2 Å². The van der Waals surface area contributed by atoms with Crippen LogP contribution in [0.15, 0.2) is 40.9 Å². The Balaban J connectivity index is 2.21. The first-order valence-electron chi connectivity index (χ1n) is 6.32. The van der Waals surface area contributed by atoms with Gasteiger partial charge in [0.25, 0.3) is 0 Å². The molecule has 104 valence electrons. The maximum absolute atomic E-state index is 12.5. The predicted molar refractivity (Wildman–Crippen MR) is 75.1 cm³/mol. The van der Waals surface area contributed by atoms with Gasteiger partial charge in [0.15, 0.2) is 0 Å². The van der Waals surface area contributed by atoms with Gasteiger partial charge in [-0.1, -0.05) is 46.3 Å². The number of carbonyl (C=O) groups is 2. The molecule has 1 fully saturated rings. The molecule has 0 spiro atoms. The quantitative estimate of drug-likeness (QED) is 0.778. The largest absolute Gasteiger partial charge is 0.469 e. The second-order valence-corrected chi connectivity index (χ2v) is 5.89. The maximum atomic E-state index is 12.5. The van der Waals surface area contributed by atoms with E-state index in [0.717, 1.165) is 10.0 Å². The zero-order chi connectivity index (χ0) is 14.3. The molecule has 1 saturated heterocycles. The highest BCUT2D eigenvalue weighted by atomic mass is 79.9. The summed E-state index contributed by atoms with van der Waals surface area (Å²) >= 11 is 3.44. The van der Waals surface area contributed by atoms with E-state index in [4.69, 9.17) is 9.47 Å². The molecule has 2 heterocycles. The van der Waals surface area contributed by atoms with Crippen molar-refractivity contribution in [3.05, 3.63) is 46.5 Å². The zero-order valence-electron chi connectivity index (χ0n) is 10.8. The van der Waals surface area contributed by atoms with Gasteiger partial charge in [0.05, 0.1) is 13.0 Å². The van der Waals surface area contributed by atoms with Gasteiger partial charge in [-0.15, -0.1) is 0 Å². The van der Waals surface area contributed by atoms with Crippen molar-refractivity contribution in [3.63, 3.8) is 0 Å². The van der Waals surface area contributed by atoms with Crippen LogP contribution in [0.2, 0.25) is 0 Å². The average Bonchev–Trinajstić information content (AvgIpc) is 2.48. The van der Waals surface area contributed by atoms with Crippen molar-refractivity contribution in [1.82, 2.24) is 0 Å². The van der Waals surface area contributed by atoms with E-state index in [1.165, 1.54) is 7.11 Å². The van der Waals surface area contributed by atoms with Gasteiger partial charge in [-0.25, -0.2) is 0 Å². The van der Waals surface area contributed by atoms with E-state index >= 15 is 0 Å². The van der Waals surface area contributed by atoms with Crippen molar-refractivity contribution in [1.29, 1.82) is 0 Å². The van der Waals surface area contributed by atoms with E-state index < -0.39 is 23.4 Å². The van der Waals surface area contributed by atoms with Crippen LogP contribution in [0.25, 0.3) is 0 Å². The molecule has 2 aliphatic heterocycles. The standard InChI is InChI=1S/C15H13BrO4/c1-19-13(17)10-7-12-11(16)8-15(10,14(18)20-12)9-5-3-2-4-6-9/h2-6,8,10,12H,7H2,1H3/t10-,12-,15+/m0/s1. The predicted octanol–water partition coefficient (Wildman–Crippen LogP) is 2.32. The number of carbonyl (C=O) groups excluding carboxylic acids is 2. The number of benzene rings is 1. The molecule has 20 heavy (non-hydrogen) atoms. The number of halogens is 1. The Bertz CT molecular complexity index is 595. The summed E-state index contributed by atoms with van der Waals surface area (Å²) in [5.41, 5.74) is -0.349. The molecule has 0 N–H and O–H groups in total. The average molecular weight is 337 g/mol. The van der Waals surface area contributed by atoms with Crippen molar-refractivity contribution in [2.45, 2.75) is 17.9 Å². The number of rotatable bonds is 2. The fourth-order valence-electron chi connectivity index (χ4n) is 3.00. The van der Waals surface area contributed by atoms with Gasteiger partial charge in [0.2, 0.25) is 0 Å². The van der Waals surface area contributed by atoms with Gasteiger partial charge in [-0.2, -0.15) is 0 Å². The second-order valence-electron chi connectivity index (χ2n) is 4.97. The molecule has 4 rings (SSSR count). The summed E-state index contributed by atoms with van der Waals surface area (Å²) in [7, 11) is 1.34. The fourth-order valence-corrected chi connectivity index (χ4v) is 3.64. The third-order valence-electron chi connectivity index (χ3n) is 4.00. The minimum absolute atomic E-state index is 0.383. The summed E-state index contributed by atoms with van der Waals surface area (Å²) in [5, 5.41) is 0. The molecule has 0 amide bonds. The van der Waals surface area contributed by atoms with Crippen LogP contribution < -0.4 is 0 Å². The van der Waals surface area contributed by atoms with E-state index in [2.05, 4.69) is 15.9 Å². The van der Waals surface area contributed by atoms with Gasteiger partial charge < -0.3 is 9.47 Å². The Morgan fingerprint density at radius 3 is 2.75 bits per heavy atom. The van der Waals surface area contributed by atoms with Gasteiger partial charge in [0.1, 0.15) is 11.5 Å². The number of fused-ring (bicyclic) bond motifs is 2. The Labute approximate surface area is 124 Å². The van der Waals surface area contributed by atoms with Crippen LogP contribution in [0.4, 0.5) is 0 Å². The summed E-state index contributed by atoms with van der Waals surface area (Å²) < 4.78 is 11.1. The lowest BCUT2D eigenvalue weighted by atomic mass is 9.63. The van der Waals surface area contributed by atoms with Crippen LogP contribution in [0.3, 0.4) is 0 Å². The van der Waals surface area contributed by atoms with Crippen LogP contribution in [-0.2, 0) is 24.5 Å². The topological polar surface area (TPSA) is 52.6 Å². The Kier molecular flexibility index (Phi) is 3.17. The smallest absolute Gasteiger partial charge is 0.322 e. The van der Waals surface area contributed by atoms with Crippen LogP contribution in [0, 0.1) is 5.92 Å². The summed E-state index contributed by atoms with van der Waals surface area (Å²) in [4.78, 5) is 24.6. The molecule has 0 saturated carbocycles. The molecule has 3 atom stereocenters. The molecule has 0 radical (unpaired) electrons. The lowest BCUT2D eigenvalue weighted by Crippen LogP contribution is -2.56. The molecular formula is C15H13BrO4. The molecule has 1 aliphatic carbocycles. The first-order valence-corrected chi connectivity index (χ1v) is 7.11. The van der Waals surface area contributed by atoms with Gasteiger partial charge in [-0.3, -0.25) is 9.59 Å². The fraction of sp³-hybridized carbons (Fsp3) is 0.333. The maximum Gasteiger partial charge on any atom is 0.322 e. The van der Waals surface area contributed by atoms with E-state index in [1.807, 2.05) is 30.3 Å². The minimum atomic E-state index is -1.10. The normalized spacial score (nSPS) is 31.5. The van der Waals surface area contributed by atoms with E-state index in [1.54, 1.807) is 6.08 Å². The Hall–Kier alpha value is -1.62. The molecule has 3 aliphatic rings. The van der Waals surface area contributed by atoms with Crippen molar-refractivity contribution >= 4 is 27.9 Å². The number of esters is 2. The molecule has 0 aromatic heterocycles. The third kappa shape index (κ3) is 1.73. The van der Waals surface area contributed by atoms with Crippen LogP contribution in [0.5, 0.6) is 0 Å². The summed E-state index contributed by atoms with van der Waals surface area (Å²) in [5.74, 6) is -1.33. The van der Waals surface area contributed by atoms with Crippen molar-refractivity contribution < 1.29 is 19.1 Å². The van der Waals surface area contributed by atoms with Crippen LogP contribution in [0.1, 0.15) is 12.0 Å². The first kappa shape index (κ1) is 13.4. The molecule has 1 aromatic rings. The highest BCUT2D eigenvalue weighted by Crippen LogP contribution is 2.50. The molecular weight excluding hydrogens is 324 g/mol. The molecule has 1 aromatic carbocycles. The van der Waals surface area contributed by atoms with Crippen LogP contribution >= 0.6 is 15.9 Å². The van der Waals surface area contributed by atoms with Gasteiger partial charge in [-0.05, 0) is 11.6 Å². The third-order valence-corrected chi connectivity index (χ3v) is 4.74. The van der Waals surface area contributed by atoms with Crippen molar-refractivity contribution in [2.24, 2.45) is 5.92 Å². The second kappa shape index (κ2) is 4.74. The van der Waals surface area contributed by atoms with E-state index in [0.29, 0.717) is 6.42 Å². The van der Waals surface area contributed by atoms with Gasteiger partial charge in [0, 0.05) is 10.9 Å². The first-order chi connectivity index (χ1) is 9.59. The highest BCUT2D eigenvalue weighted by molar-refractivity contribution is 9.11. The zero-order valence-corrected chi connectivity index (χ0v) is 12.4. The molecule has 5 heteroatoms. The minimum Gasteiger partial charge on any atom is -0.469 e. The lowest BCUT2D eigenvalue weighted by Gasteiger charge is -2.46. The number of hydrogen-bond acceptors (Lipinski definition) is 4.